The van der Waals surface area contributed by atoms with Crippen molar-refractivity contribution in [1.82, 2.24) is 5.32 Å². The molecule has 12 N–H and O–H groups in total. The second-order valence-corrected chi connectivity index (χ2v) is 31.0. The highest BCUT2D eigenvalue weighted by atomic mass is 16.8. The minimum atomic E-state index is -1.97. The third-order valence-electron chi connectivity index (χ3n) is 21.8. The smallest absolute Gasteiger partial charge is 0.220 e. The molecule has 0 aliphatic carbocycles. The Labute approximate surface area is 620 Å². The van der Waals surface area contributed by atoms with Crippen LogP contribution in [0, 0.1) is 0 Å². The molecule has 0 saturated carbocycles. The predicted molar refractivity (Wildman–Crippen MR) is 407 cm³/mol. The Kier molecular flexibility index (Phi) is 59.8. The number of aliphatic hydroxyl groups excluding tert-OH is 11. The van der Waals surface area contributed by atoms with Gasteiger partial charge in [0.1, 0.15) is 73.2 Å². The molecule has 0 bridgehead atoms. The molecule has 19 heteroatoms. The largest absolute Gasteiger partial charge is 0.394 e. The molecule has 0 radical (unpaired) electrons. The molecular weight excluding hydrogens is 1300 g/mol. The quantitative estimate of drug-likeness (QED) is 0.0199. The maximum atomic E-state index is 13.5. The Hall–Kier alpha value is -1.47. The molecule has 102 heavy (non-hydrogen) atoms. The van der Waals surface area contributed by atoms with Crippen molar-refractivity contribution in [3.05, 3.63) is 12.2 Å². The van der Waals surface area contributed by atoms with Crippen LogP contribution in [-0.4, -0.2) is 193 Å². The highest BCUT2D eigenvalue weighted by Gasteiger charge is 2.54. The summed E-state index contributed by atoms with van der Waals surface area (Å²) >= 11 is 0. The molecule has 17 unspecified atom stereocenters. The Morgan fingerprint density at radius 1 is 0.343 bits per heavy atom. The Morgan fingerprint density at radius 3 is 0.951 bits per heavy atom. The number of hydrogen-bond donors (Lipinski definition) is 12. The molecule has 3 saturated heterocycles. The van der Waals surface area contributed by atoms with Crippen molar-refractivity contribution in [2.45, 2.75) is 484 Å². The normalized spacial score (nSPS) is 26.1. The second kappa shape index (κ2) is 64.4. The summed E-state index contributed by atoms with van der Waals surface area (Å²) in [5.74, 6) is -0.233. The topological polar surface area (TPSA) is 307 Å². The summed E-state index contributed by atoms with van der Waals surface area (Å²) in [6, 6.07) is -0.884. The molecule has 3 aliphatic rings. The number of amides is 1. The van der Waals surface area contributed by atoms with Crippen LogP contribution in [0.5, 0.6) is 0 Å². The molecule has 0 aromatic carbocycles. The average Bonchev–Trinajstić information content (AvgIpc) is 0.781. The van der Waals surface area contributed by atoms with E-state index in [-0.39, 0.29) is 18.9 Å². The number of hydrogen-bond acceptors (Lipinski definition) is 18. The first-order chi connectivity index (χ1) is 49.8. The van der Waals surface area contributed by atoms with E-state index >= 15 is 0 Å². The summed E-state index contributed by atoms with van der Waals surface area (Å²) in [6.45, 7) is 1.86. The SMILES string of the molecule is CCCCCCCCCC/C=C\CCCCCCCCCCCCCCCCCCCCCCCCCCCCCC(=O)NC(COC1OC(CO)C(OC2OC(CO)C(OC3OC(CO)C(O)C(O)C3O)C(O)C2O)C(O)C1O)C(O)CCCCCCCCCCCCCCCCCCCC. The van der Waals surface area contributed by atoms with Gasteiger partial charge >= 0.3 is 0 Å². The zero-order chi connectivity index (χ0) is 73.9. The highest BCUT2D eigenvalue weighted by Crippen LogP contribution is 2.34. The van der Waals surface area contributed by atoms with Gasteiger partial charge < -0.3 is 89.9 Å². The van der Waals surface area contributed by atoms with Crippen LogP contribution in [-0.2, 0) is 33.2 Å². The summed E-state index contributed by atoms with van der Waals surface area (Å²) < 4.78 is 34.5. The van der Waals surface area contributed by atoms with Crippen molar-refractivity contribution in [2.24, 2.45) is 0 Å². The van der Waals surface area contributed by atoms with Gasteiger partial charge in [-0.1, -0.05) is 347 Å². The molecule has 3 heterocycles. The first-order valence-electron chi connectivity index (χ1n) is 42.9. The molecule has 1 amide bonds. The fourth-order valence-corrected chi connectivity index (χ4v) is 15.0. The number of aliphatic hydroxyl groups is 11. The van der Waals surface area contributed by atoms with Gasteiger partial charge in [0.05, 0.1) is 38.6 Å². The maximum Gasteiger partial charge on any atom is 0.220 e. The standard InChI is InChI=1S/C83H159NO18/c1-3-5-7-9-11-13-15-17-19-21-23-24-25-26-27-28-29-30-31-32-33-34-35-36-37-38-39-40-41-42-43-45-47-49-51-53-55-57-59-61-71(89)84-66(67(88)60-58-56-54-52-50-48-46-44-22-20-18-16-14-12-10-8-6-4-2)65-97-81-77(95)74(92)79(69(63-86)99-81)102-83-78(96)75(93)80(70(64-87)100-83)101-82-76(94)73(91)72(90)68(62-85)98-82/h21,23,66-70,72-83,85-88,90-96H,3-20,22,24-65H2,1-2H3,(H,84,89)/b23-21-. The maximum absolute atomic E-state index is 13.5. The van der Waals surface area contributed by atoms with E-state index < -0.39 is 124 Å². The van der Waals surface area contributed by atoms with Gasteiger partial charge in [0.15, 0.2) is 18.9 Å². The van der Waals surface area contributed by atoms with Gasteiger partial charge in [-0.3, -0.25) is 4.79 Å². The minimum absolute atomic E-state index is 0.233. The van der Waals surface area contributed by atoms with Crippen molar-refractivity contribution in [1.29, 1.82) is 0 Å². The molecular formula is C83H159NO18. The van der Waals surface area contributed by atoms with Crippen LogP contribution < -0.4 is 5.32 Å². The van der Waals surface area contributed by atoms with Crippen LogP contribution in [0.4, 0.5) is 0 Å². The van der Waals surface area contributed by atoms with E-state index in [2.05, 4.69) is 31.3 Å². The number of carbonyl (C=O) groups excluding carboxylic acids is 1. The van der Waals surface area contributed by atoms with Crippen LogP contribution in [0.1, 0.15) is 380 Å². The van der Waals surface area contributed by atoms with Gasteiger partial charge in [-0.2, -0.15) is 0 Å². The number of allylic oxidation sites excluding steroid dienone is 2. The predicted octanol–water partition coefficient (Wildman–Crippen LogP) is 15.1. The number of nitrogens with one attached hydrogen (secondary N) is 1. The number of carbonyl (C=O) groups is 1. The molecule has 17 atom stereocenters. The lowest BCUT2D eigenvalue weighted by Gasteiger charge is -2.48. The average molecular weight is 1460 g/mol. The van der Waals surface area contributed by atoms with Crippen molar-refractivity contribution in [2.75, 3.05) is 26.4 Å². The zero-order valence-electron chi connectivity index (χ0n) is 64.9. The number of ether oxygens (including phenoxy) is 6. The van der Waals surface area contributed by atoms with E-state index in [0.29, 0.717) is 12.8 Å². The van der Waals surface area contributed by atoms with Crippen LogP contribution >= 0.6 is 0 Å². The third-order valence-corrected chi connectivity index (χ3v) is 21.8. The second-order valence-electron chi connectivity index (χ2n) is 31.0. The van der Waals surface area contributed by atoms with E-state index in [9.17, 15) is 61.0 Å². The van der Waals surface area contributed by atoms with Gasteiger partial charge in [-0.05, 0) is 38.5 Å². The van der Waals surface area contributed by atoms with Crippen LogP contribution in [0.2, 0.25) is 0 Å². The van der Waals surface area contributed by atoms with Crippen molar-refractivity contribution < 1.29 is 89.4 Å². The molecule has 3 fully saturated rings. The lowest BCUT2D eigenvalue weighted by molar-refractivity contribution is -0.379. The number of rotatable bonds is 70. The summed E-state index contributed by atoms with van der Waals surface area (Å²) in [4.78, 5) is 13.5. The Morgan fingerprint density at radius 2 is 0.618 bits per heavy atom. The van der Waals surface area contributed by atoms with Crippen molar-refractivity contribution in [3.63, 3.8) is 0 Å². The van der Waals surface area contributed by atoms with Gasteiger partial charge in [0.25, 0.3) is 0 Å². The summed E-state index contributed by atoms with van der Waals surface area (Å²) in [5.41, 5.74) is 0. The van der Waals surface area contributed by atoms with Gasteiger partial charge in [-0.25, -0.2) is 0 Å². The van der Waals surface area contributed by atoms with Crippen LogP contribution in [0.25, 0.3) is 0 Å². The van der Waals surface area contributed by atoms with Crippen molar-refractivity contribution in [3.8, 4) is 0 Å². The van der Waals surface area contributed by atoms with E-state index in [1.54, 1.807) is 0 Å². The summed E-state index contributed by atoms with van der Waals surface area (Å²) in [7, 11) is 0. The number of unbranched alkanes of at least 4 members (excludes halogenated alkanes) is 52. The first kappa shape index (κ1) is 94.7. The van der Waals surface area contributed by atoms with Gasteiger partial charge in [0, 0.05) is 6.42 Å². The van der Waals surface area contributed by atoms with Gasteiger partial charge in [0.2, 0.25) is 5.91 Å². The Bertz CT molecular complexity index is 1890. The molecule has 604 valence electrons. The molecule has 3 rings (SSSR count). The van der Waals surface area contributed by atoms with Crippen molar-refractivity contribution >= 4 is 5.91 Å². The molecule has 3 aliphatic heterocycles. The third kappa shape index (κ3) is 43.7. The Balaban J connectivity index is 1.28. The lowest BCUT2D eigenvalue weighted by Crippen LogP contribution is -2.66. The van der Waals surface area contributed by atoms with E-state index in [1.807, 2.05) is 0 Å². The van der Waals surface area contributed by atoms with Crippen LogP contribution in [0.15, 0.2) is 12.2 Å². The minimum Gasteiger partial charge on any atom is -0.394 e. The van der Waals surface area contributed by atoms with E-state index in [4.69, 9.17) is 28.4 Å². The highest BCUT2D eigenvalue weighted by molar-refractivity contribution is 5.76. The van der Waals surface area contributed by atoms with Crippen LogP contribution in [0.3, 0.4) is 0 Å². The first-order valence-corrected chi connectivity index (χ1v) is 42.9. The fraction of sp³-hybridized carbons (Fsp3) is 0.964. The molecule has 0 aromatic rings. The summed E-state index contributed by atoms with van der Waals surface area (Å²) in [5, 5.41) is 121. The van der Waals surface area contributed by atoms with E-state index in [0.717, 1.165) is 44.9 Å². The summed E-state index contributed by atoms with van der Waals surface area (Å²) in [6.07, 6.45) is 50.5. The fourth-order valence-electron chi connectivity index (χ4n) is 15.0. The monoisotopic (exact) mass is 1460 g/mol. The molecule has 19 nitrogen and oxygen atoms in total. The molecule has 0 aromatic heterocycles. The lowest BCUT2D eigenvalue weighted by atomic mass is 9.96. The molecule has 0 spiro atoms. The van der Waals surface area contributed by atoms with Gasteiger partial charge in [-0.15, -0.1) is 0 Å². The zero-order valence-corrected chi connectivity index (χ0v) is 64.9. The van der Waals surface area contributed by atoms with E-state index in [1.165, 1.54) is 302 Å².